The van der Waals surface area contributed by atoms with Crippen LogP contribution < -0.4 is 5.32 Å². The average Bonchev–Trinajstić information content (AvgIpc) is 2.57. The molecule has 0 aliphatic carbocycles. The number of thiophene rings is 1. The Kier molecular flexibility index (Phi) is 5.43. The summed E-state index contributed by atoms with van der Waals surface area (Å²) in [6, 6.07) is 0. The summed E-state index contributed by atoms with van der Waals surface area (Å²) in [6.45, 7) is 6.40. The highest BCUT2D eigenvalue weighted by Gasteiger charge is 2.19. The predicted octanol–water partition coefficient (Wildman–Crippen LogP) is 2.23. The van der Waals surface area contributed by atoms with Crippen molar-refractivity contribution in [3.8, 4) is 0 Å². The molecule has 2 rings (SSSR count). The summed E-state index contributed by atoms with van der Waals surface area (Å²) in [7, 11) is 0. The molecule has 0 spiro atoms. The van der Waals surface area contributed by atoms with Gasteiger partial charge in [0.05, 0.1) is 13.0 Å². The third-order valence-corrected chi connectivity index (χ3v) is 4.29. The van der Waals surface area contributed by atoms with E-state index < -0.39 is 0 Å². The van der Waals surface area contributed by atoms with Crippen molar-refractivity contribution >= 4 is 29.7 Å². The van der Waals surface area contributed by atoms with Crippen LogP contribution in [0.2, 0.25) is 0 Å². The number of fused-ring (bicyclic) bond motifs is 1. The van der Waals surface area contributed by atoms with Gasteiger partial charge in [-0.1, -0.05) is 0 Å². The first kappa shape index (κ1) is 14.5. The fourth-order valence-electron chi connectivity index (χ4n) is 2.02. The number of ether oxygens (including phenoxy) is 1. The Balaban J connectivity index is 0.00000144. The highest BCUT2D eigenvalue weighted by atomic mass is 35.5. The van der Waals surface area contributed by atoms with Crippen LogP contribution in [0.15, 0.2) is 0 Å². The van der Waals surface area contributed by atoms with E-state index in [0.717, 1.165) is 19.5 Å². The molecular weight excluding hydrogens is 258 g/mol. The van der Waals surface area contributed by atoms with Gasteiger partial charge in [0.15, 0.2) is 0 Å². The van der Waals surface area contributed by atoms with Gasteiger partial charge in [-0.25, -0.2) is 0 Å². The predicted molar refractivity (Wildman–Crippen MR) is 72.1 cm³/mol. The Morgan fingerprint density at radius 2 is 2.29 bits per heavy atom. The van der Waals surface area contributed by atoms with E-state index in [1.165, 1.54) is 20.9 Å². The monoisotopic (exact) mass is 275 g/mol. The first-order valence-electron chi connectivity index (χ1n) is 5.68. The van der Waals surface area contributed by atoms with Crippen LogP contribution in [0, 0.1) is 6.92 Å². The molecule has 1 aromatic heterocycles. The highest BCUT2D eigenvalue weighted by molar-refractivity contribution is 7.12. The van der Waals surface area contributed by atoms with Gasteiger partial charge >= 0.3 is 5.97 Å². The Hall–Kier alpha value is -0.580. The van der Waals surface area contributed by atoms with Gasteiger partial charge in [0.25, 0.3) is 0 Å². The van der Waals surface area contributed by atoms with Crippen LogP contribution in [0.5, 0.6) is 0 Å². The van der Waals surface area contributed by atoms with Crippen molar-refractivity contribution in [1.82, 2.24) is 5.32 Å². The first-order valence-corrected chi connectivity index (χ1v) is 6.50. The summed E-state index contributed by atoms with van der Waals surface area (Å²) in [4.78, 5) is 14.1. The second-order valence-electron chi connectivity index (χ2n) is 3.96. The van der Waals surface area contributed by atoms with Crippen molar-refractivity contribution in [1.29, 1.82) is 0 Å². The van der Waals surface area contributed by atoms with Gasteiger partial charge in [0.2, 0.25) is 0 Å². The Morgan fingerprint density at radius 1 is 1.53 bits per heavy atom. The maximum absolute atomic E-state index is 11.4. The number of halogens is 1. The topological polar surface area (TPSA) is 38.3 Å². The van der Waals surface area contributed by atoms with Crippen LogP contribution in [-0.4, -0.2) is 19.1 Å². The van der Waals surface area contributed by atoms with Crippen LogP contribution in [0.4, 0.5) is 0 Å². The lowest BCUT2D eigenvalue weighted by molar-refractivity contribution is -0.142. The van der Waals surface area contributed by atoms with Crippen molar-refractivity contribution in [2.45, 2.75) is 33.2 Å². The van der Waals surface area contributed by atoms with Crippen molar-refractivity contribution in [2.75, 3.05) is 13.2 Å². The molecule has 1 aliphatic rings. The average molecular weight is 276 g/mol. The number of carbonyl (C=O) groups is 1. The van der Waals surface area contributed by atoms with E-state index in [0.29, 0.717) is 13.0 Å². The second-order valence-corrected chi connectivity index (χ2v) is 5.15. The fourth-order valence-corrected chi connectivity index (χ4v) is 3.34. The van der Waals surface area contributed by atoms with Crippen LogP contribution >= 0.6 is 23.7 Å². The van der Waals surface area contributed by atoms with Gasteiger partial charge < -0.3 is 10.1 Å². The Bertz CT molecular complexity index is 403. The second kappa shape index (κ2) is 6.38. The van der Waals surface area contributed by atoms with Crippen LogP contribution in [0.25, 0.3) is 0 Å². The maximum Gasteiger partial charge on any atom is 0.311 e. The van der Waals surface area contributed by atoms with E-state index in [2.05, 4.69) is 12.2 Å². The van der Waals surface area contributed by atoms with Crippen LogP contribution in [0.3, 0.4) is 0 Å². The molecule has 0 radical (unpaired) electrons. The molecule has 0 fully saturated rings. The molecule has 0 atom stereocenters. The minimum Gasteiger partial charge on any atom is -0.466 e. The quantitative estimate of drug-likeness (QED) is 0.860. The van der Waals surface area contributed by atoms with Gasteiger partial charge in [-0.05, 0) is 31.4 Å². The zero-order valence-electron chi connectivity index (χ0n) is 10.2. The summed E-state index contributed by atoms with van der Waals surface area (Å²) >= 11 is 1.78. The van der Waals surface area contributed by atoms with Crippen molar-refractivity contribution in [2.24, 2.45) is 0 Å². The van der Waals surface area contributed by atoms with Crippen molar-refractivity contribution < 1.29 is 9.53 Å². The van der Waals surface area contributed by atoms with Crippen LogP contribution in [0.1, 0.15) is 27.8 Å². The lowest BCUT2D eigenvalue weighted by Gasteiger charge is -2.12. The van der Waals surface area contributed by atoms with E-state index in [4.69, 9.17) is 4.74 Å². The van der Waals surface area contributed by atoms with E-state index in [1.54, 1.807) is 11.3 Å². The van der Waals surface area contributed by atoms with E-state index in [-0.39, 0.29) is 18.4 Å². The molecule has 2 heterocycles. The minimum absolute atomic E-state index is 0. The van der Waals surface area contributed by atoms with Crippen molar-refractivity contribution in [3.63, 3.8) is 0 Å². The van der Waals surface area contributed by atoms with Gasteiger partial charge in [-0.2, -0.15) is 0 Å². The van der Waals surface area contributed by atoms with Gasteiger partial charge in [-0.15, -0.1) is 23.7 Å². The number of nitrogens with one attached hydrogen (secondary N) is 1. The molecule has 0 saturated carbocycles. The van der Waals surface area contributed by atoms with Gasteiger partial charge in [-0.3, -0.25) is 4.79 Å². The first-order chi connectivity index (χ1) is 7.72. The normalized spacial score (nSPS) is 13.8. The standard InChI is InChI=1S/C12H17NO2S.ClH/c1-3-15-12(14)6-11-8(2)9-7-13-5-4-10(9)16-11;/h13H,3-7H2,1-2H3;1H. The molecule has 0 unspecified atom stereocenters. The summed E-state index contributed by atoms with van der Waals surface area (Å²) in [5, 5.41) is 3.36. The largest absolute Gasteiger partial charge is 0.466 e. The van der Waals surface area contributed by atoms with E-state index in [1.807, 2.05) is 6.92 Å². The molecular formula is C12H18ClNO2S. The van der Waals surface area contributed by atoms with E-state index >= 15 is 0 Å². The number of hydrogen-bond donors (Lipinski definition) is 1. The summed E-state index contributed by atoms with van der Waals surface area (Å²) in [5.74, 6) is -0.114. The molecule has 96 valence electrons. The number of rotatable bonds is 3. The molecule has 1 N–H and O–H groups in total. The smallest absolute Gasteiger partial charge is 0.311 e. The molecule has 3 nitrogen and oxygen atoms in total. The summed E-state index contributed by atoms with van der Waals surface area (Å²) in [6.07, 6.45) is 1.51. The number of esters is 1. The number of carbonyl (C=O) groups excluding carboxylic acids is 1. The van der Waals surface area contributed by atoms with Gasteiger partial charge in [0, 0.05) is 22.8 Å². The zero-order chi connectivity index (χ0) is 11.5. The molecule has 0 bridgehead atoms. The zero-order valence-corrected chi connectivity index (χ0v) is 11.8. The van der Waals surface area contributed by atoms with Crippen molar-refractivity contribution in [3.05, 3.63) is 20.9 Å². The molecule has 0 amide bonds. The van der Waals surface area contributed by atoms with Gasteiger partial charge in [0.1, 0.15) is 0 Å². The molecule has 0 aromatic carbocycles. The Morgan fingerprint density at radius 3 is 2.94 bits per heavy atom. The molecule has 1 aliphatic heterocycles. The third kappa shape index (κ3) is 3.21. The lowest BCUT2D eigenvalue weighted by atomic mass is 10.0. The SMILES string of the molecule is CCOC(=O)Cc1sc2c(c1C)CNCC2.Cl. The maximum atomic E-state index is 11.4. The summed E-state index contributed by atoms with van der Waals surface area (Å²) in [5.41, 5.74) is 2.68. The molecule has 0 saturated heterocycles. The summed E-state index contributed by atoms with van der Waals surface area (Å²) < 4.78 is 4.98. The highest BCUT2D eigenvalue weighted by Crippen LogP contribution is 2.30. The minimum atomic E-state index is -0.114. The van der Waals surface area contributed by atoms with E-state index in [9.17, 15) is 4.79 Å². The molecule has 1 aromatic rings. The third-order valence-electron chi connectivity index (χ3n) is 2.89. The Labute approximate surface area is 112 Å². The number of hydrogen-bond acceptors (Lipinski definition) is 4. The molecule has 17 heavy (non-hydrogen) atoms. The fraction of sp³-hybridized carbons (Fsp3) is 0.583. The van der Waals surface area contributed by atoms with Crippen LogP contribution in [-0.2, 0) is 28.9 Å². The lowest BCUT2D eigenvalue weighted by Crippen LogP contribution is -2.22. The molecule has 5 heteroatoms.